The lowest BCUT2D eigenvalue weighted by Crippen LogP contribution is -2.38. The molecule has 2 aromatic heterocycles. The van der Waals surface area contributed by atoms with Crippen LogP contribution in [-0.4, -0.2) is 58.1 Å². The first-order chi connectivity index (χ1) is 19.3. The van der Waals surface area contributed by atoms with Crippen molar-refractivity contribution in [3.05, 3.63) is 59.6 Å². The second-order valence-corrected chi connectivity index (χ2v) is 10.1. The lowest BCUT2D eigenvalue weighted by Gasteiger charge is -2.25. The molecule has 2 amide bonds. The molecule has 214 valence electrons. The molecule has 1 aromatic carbocycles. The van der Waals surface area contributed by atoms with Crippen LogP contribution in [-0.2, 0) is 15.7 Å². The smallest absolute Gasteiger partial charge is 0.425 e. The lowest BCUT2D eigenvalue weighted by molar-refractivity contribution is -0.141. The third-order valence-corrected chi connectivity index (χ3v) is 7.43. The highest BCUT2D eigenvalue weighted by atomic mass is 19.4. The number of benzene rings is 1. The van der Waals surface area contributed by atoms with Gasteiger partial charge in [0, 0.05) is 50.3 Å². The predicted molar refractivity (Wildman–Crippen MR) is 136 cm³/mol. The molecule has 10 nitrogen and oxygen atoms in total. The van der Waals surface area contributed by atoms with Crippen molar-refractivity contribution in [2.24, 2.45) is 5.92 Å². The van der Waals surface area contributed by atoms with Crippen LogP contribution in [0.5, 0.6) is 0 Å². The van der Waals surface area contributed by atoms with Crippen molar-refractivity contribution < 1.29 is 31.9 Å². The molecule has 40 heavy (non-hydrogen) atoms. The van der Waals surface area contributed by atoms with Crippen molar-refractivity contribution in [3.63, 3.8) is 0 Å². The normalized spacial score (nSPS) is 20.3. The van der Waals surface area contributed by atoms with Crippen LogP contribution in [0.4, 0.5) is 13.2 Å². The topological polar surface area (TPSA) is 124 Å². The molecule has 5 rings (SSSR count). The van der Waals surface area contributed by atoms with Crippen molar-refractivity contribution in [2.45, 2.75) is 56.5 Å². The summed E-state index contributed by atoms with van der Waals surface area (Å²) in [5.41, 5.74) is -1.45. The Labute approximate surface area is 228 Å². The summed E-state index contributed by atoms with van der Waals surface area (Å²) in [5.74, 6) is 0.386. The van der Waals surface area contributed by atoms with Gasteiger partial charge in [-0.25, -0.2) is 4.68 Å². The Balaban J connectivity index is 1.07. The number of amides is 2. The third kappa shape index (κ3) is 6.52. The molecule has 0 bridgehead atoms. The highest BCUT2D eigenvalue weighted by Crippen LogP contribution is 2.37. The Kier molecular flexibility index (Phi) is 8.48. The van der Waals surface area contributed by atoms with Crippen LogP contribution in [0.15, 0.2) is 40.9 Å². The largest absolute Gasteiger partial charge is 0.435 e. The Morgan fingerprint density at radius 2 is 1.52 bits per heavy atom. The number of aromatic nitrogens is 4. The van der Waals surface area contributed by atoms with Gasteiger partial charge < -0.3 is 19.8 Å². The minimum atomic E-state index is -4.80. The van der Waals surface area contributed by atoms with Crippen molar-refractivity contribution in [1.82, 2.24) is 30.6 Å². The Hall–Kier alpha value is -3.74. The van der Waals surface area contributed by atoms with Crippen molar-refractivity contribution in [1.29, 1.82) is 0 Å². The molecule has 2 fully saturated rings. The standard InChI is InChI=1S/C27H31F3N6O4/c28-27(29,30)22-21(16-36(35-22)20-4-2-1-3-5-20)24(38)32-13-12-31-23(37)17-6-8-18(9-7-17)25-33-34-26(40-25)19-10-14-39-15-11-19/h1-5,16-19H,6-15H2,(H,31,37)(H,32,38)/t17-,18-. The minimum Gasteiger partial charge on any atom is -0.425 e. The average Bonchev–Trinajstić information content (AvgIpc) is 3.65. The summed E-state index contributed by atoms with van der Waals surface area (Å²) in [6.07, 6.45) is 0.808. The molecule has 1 aliphatic heterocycles. The molecule has 0 radical (unpaired) electrons. The molecule has 2 aliphatic rings. The van der Waals surface area contributed by atoms with Crippen molar-refractivity contribution >= 4 is 11.8 Å². The highest BCUT2D eigenvalue weighted by Gasteiger charge is 2.39. The monoisotopic (exact) mass is 560 g/mol. The van der Waals surface area contributed by atoms with Crippen LogP contribution in [0.2, 0.25) is 0 Å². The van der Waals surface area contributed by atoms with E-state index in [0.29, 0.717) is 43.5 Å². The zero-order valence-corrected chi connectivity index (χ0v) is 21.8. The maximum atomic E-state index is 13.5. The third-order valence-electron chi connectivity index (χ3n) is 7.43. The van der Waals surface area contributed by atoms with E-state index < -0.39 is 23.3 Å². The summed E-state index contributed by atoms with van der Waals surface area (Å²) >= 11 is 0. The Morgan fingerprint density at radius 3 is 2.17 bits per heavy atom. The number of ether oxygens (including phenoxy) is 1. The first-order valence-corrected chi connectivity index (χ1v) is 13.5. The van der Waals surface area contributed by atoms with Gasteiger partial charge in [-0.05, 0) is 50.7 Å². The Morgan fingerprint density at radius 1 is 0.900 bits per heavy atom. The van der Waals surface area contributed by atoms with E-state index in [1.807, 2.05) is 0 Å². The molecule has 1 aliphatic carbocycles. The van der Waals surface area contributed by atoms with Crippen LogP contribution in [0.1, 0.15) is 78.2 Å². The van der Waals surface area contributed by atoms with Gasteiger partial charge in [-0.3, -0.25) is 9.59 Å². The second-order valence-electron chi connectivity index (χ2n) is 10.1. The summed E-state index contributed by atoms with van der Waals surface area (Å²) in [6, 6.07) is 8.22. The highest BCUT2D eigenvalue weighted by molar-refractivity contribution is 5.95. The van der Waals surface area contributed by atoms with E-state index in [-0.39, 0.29) is 36.8 Å². The molecular formula is C27H31F3N6O4. The number of nitrogens with zero attached hydrogens (tertiary/aromatic N) is 4. The molecule has 2 N–H and O–H groups in total. The van der Waals surface area contributed by atoms with E-state index in [2.05, 4.69) is 25.9 Å². The average molecular weight is 561 g/mol. The Bertz CT molecular complexity index is 1300. The molecule has 0 atom stereocenters. The van der Waals surface area contributed by atoms with Gasteiger partial charge in [0.25, 0.3) is 5.91 Å². The van der Waals surface area contributed by atoms with Crippen LogP contribution in [0.3, 0.4) is 0 Å². The molecule has 0 spiro atoms. The quantitative estimate of drug-likeness (QED) is 0.399. The zero-order valence-electron chi connectivity index (χ0n) is 21.8. The number of hydrogen-bond donors (Lipinski definition) is 2. The first-order valence-electron chi connectivity index (χ1n) is 13.5. The van der Waals surface area contributed by atoms with Gasteiger partial charge >= 0.3 is 6.18 Å². The van der Waals surface area contributed by atoms with Gasteiger partial charge in [-0.2, -0.15) is 18.3 Å². The lowest BCUT2D eigenvalue weighted by atomic mass is 9.81. The molecule has 1 saturated carbocycles. The molecule has 3 heterocycles. The van der Waals surface area contributed by atoms with Crippen LogP contribution in [0.25, 0.3) is 5.69 Å². The molecule has 13 heteroatoms. The maximum Gasteiger partial charge on any atom is 0.435 e. The SMILES string of the molecule is O=C(NCCNC(=O)[C@H]1CC[C@H](c2nnc(C3CCOCC3)o2)CC1)c1cn(-c2ccccc2)nc1C(F)(F)F. The number of rotatable bonds is 8. The fourth-order valence-electron chi connectivity index (χ4n) is 5.19. The zero-order chi connectivity index (χ0) is 28.1. The fraction of sp³-hybridized carbons (Fsp3) is 0.519. The number of carbonyl (C=O) groups is 2. The number of para-hydroxylation sites is 1. The molecule has 0 unspecified atom stereocenters. The summed E-state index contributed by atoms with van der Waals surface area (Å²) in [7, 11) is 0. The second kappa shape index (κ2) is 12.2. The van der Waals surface area contributed by atoms with Crippen molar-refractivity contribution in [3.8, 4) is 5.69 Å². The van der Waals surface area contributed by atoms with E-state index in [1.54, 1.807) is 30.3 Å². The van der Waals surface area contributed by atoms with Gasteiger partial charge in [0.05, 0.1) is 11.3 Å². The van der Waals surface area contributed by atoms with Gasteiger partial charge in [0.2, 0.25) is 17.7 Å². The van der Waals surface area contributed by atoms with Gasteiger partial charge in [-0.15, -0.1) is 10.2 Å². The molecular weight excluding hydrogens is 529 g/mol. The summed E-state index contributed by atoms with van der Waals surface area (Å²) in [6.45, 7) is 1.46. The summed E-state index contributed by atoms with van der Waals surface area (Å²) in [5, 5.41) is 17.3. The van der Waals surface area contributed by atoms with E-state index >= 15 is 0 Å². The van der Waals surface area contributed by atoms with Crippen LogP contribution in [0, 0.1) is 5.92 Å². The van der Waals surface area contributed by atoms with E-state index in [1.165, 1.54) is 0 Å². The van der Waals surface area contributed by atoms with Gasteiger partial charge in [-0.1, -0.05) is 18.2 Å². The first kappa shape index (κ1) is 27.8. The summed E-state index contributed by atoms with van der Waals surface area (Å²) in [4.78, 5) is 25.2. The predicted octanol–water partition coefficient (Wildman–Crippen LogP) is 3.99. The molecule has 3 aromatic rings. The summed E-state index contributed by atoms with van der Waals surface area (Å²) < 4.78 is 53.0. The van der Waals surface area contributed by atoms with Crippen molar-refractivity contribution in [2.75, 3.05) is 26.3 Å². The number of hydrogen-bond acceptors (Lipinski definition) is 7. The number of halogens is 3. The van der Waals surface area contributed by atoms with Gasteiger partial charge in [0.15, 0.2) is 5.69 Å². The number of nitrogens with one attached hydrogen (secondary N) is 2. The molecule has 1 saturated heterocycles. The minimum absolute atomic E-state index is 0.0231. The number of alkyl halides is 3. The van der Waals surface area contributed by atoms with Crippen LogP contribution >= 0.6 is 0 Å². The van der Waals surface area contributed by atoms with Crippen LogP contribution < -0.4 is 10.6 Å². The van der Waals surface area contributed by atoms with Gasteiger partial charge in [0.1, 0.15) is 0 Å². The van der Waals surface area contributed by atoms with E-state index in [4.69, 9.17) is 9.15 Å². The number of carbonyl (C=O) groups excluding carboxylic acids is 2. The maximum absolute atomic E-state index is 13.5. The van der Waals surface area contributed by atoms with E-state index in [0.717, 1.165) is 36.6 Å². The van der Waals surface area contributed by atoms with E-state index in [9.17, 15) is 22.8 Å². The fourth-order valence-corrected chi connectivity index (χ4v) is 5.19.